The van der Waals surface area contributed by atoms with Gasteiger partial charge in [-0.05, 0) is 37.1 Å². The van der Waals surface area contributed by atoms with Gasteiger partial charge in [-0.1, -0.05) is 24.3 Å². The summed E-state index contributed by atoms with van der Waals surface area (Å²) in [4.78, 5) is 50.8. The molecule has 13 nitrogen and oxygen atoms in total. The fourth-order valence-electron chi connectivity index (χ4n) is 5.91. The van der Waals surface area contributed by atoms with E-state index in [4.69, 9.17) is 23.7 Å². The number of carbonyl (C=O) groups excluding carboxylic acids is 3. The van der Waals surface area contributed by atoms with Crippen LogP contribution in [0.5, 0.6) is 0 Å². The fraction of sp³-hybridized carbons (Fsp3) is 0.306. The van der Waals surface area contributed by atoms with Crippen LogP contribution >= 0.6 is 0 Å². The van der Waals surface area contributed by atoms with E-state index in [9.17, 15) is 19.5 Å². The van der Waals surface area contributed by atoms with E-state index in [0.717, 1.165) is 54.7 Å². The second-order valence-corrected chi connectivity index (χ2v) is 10.9. The molecular formula is C36H38N4O9. The van der Waals surface area contributed by atoms with E-state index in [0.29, 0.717) is 11.1 Å². The van der Waals surface area contributed by atoms with Crippen LogP contribution in [-0.4, -0.2) is 70.4 Å². The zero-order valence-electron chi connectivity index (χ0n) is 28.0. The molecule has 3 N–H and O–H groups in total. The number of fused-ring (bicyclic) bond motifs is 6. The maximum atomic E-state index is 12.3. The number of carbonyl (C=O) groups is 3. The highest BCUT2D eigenvalue weighted by Crippen LogP contribution is 2.34. The molecule has 256 valence electrons. The molecule has 0 radical (unpaired) electrons. The number of nitrogens with zero attached hydrogens (tertiary/aromatic N) is 2. The molecule has 49 heavy (non-hydrogen) atoms. The first-order valence-corrected chi connectivity index (χ1v) is 15.7. The van der Waals surface area contributed by atoms with Crippen molar-refractivity contribution in [1.29, 1.82) is 0 Å². The van der Waals surface area contributed by atoms with E-state index < -0.39 is 11.9 Å². The molecule has 0 saturated heterocycles. The molecular weight excluding hydrogens is 632 g/mol. The Labute approximate surface area is 281 Å². The van der Waals surface area contributed by atoms with Gasteiger partial charge in [0.1, 0.15) is 6.61 Å². The molecule has 4 heterocycles. The number of rotatable bonds is 11. The summed E-state index contributed by atoms with van der Waals surface area (Å²) < 4.78 is 26.0. The van der Waals surface area contributed by atoms with Gasteiger partial charge in [0, 0.05) is 64.8 Å². The maximum Gasteiger partial charge on any atom is 0.357 e. The smallest absolute Gasteiger partial charge is 0.357 e. The van der Waals surface area contributed by atoms with Gasteiger partial charge in [-0.25, -0.2) is 19.6 Å². The fourth-order valence-corrected chi connectivity index (χ4v) is 5.91. The molecule has 2 aromatic carbocycles. The third-order valence-electron chi connectivity index (χ3n) is 7.82. The van der Waals surface area contributed by atoms with E-state index in [1.165, 1.54) is 6.92 Å². The van der Waals surface area contributed by atoms with Gasteiger partial charge in [-0.15, -0.1) is 0 Å². The predicted octanol–water partition coefficient (Wildman–Crippen LogP) is 5.63. The Bertz CT molecular complexity index is 2150. The molecule has 13 heteroatoms. The van der Waals surface area contributed by atoms with E-state index in [1.54, 1.807) is 40.5 Å². The van der Waals surface area contributed by atoms with Crippen molar-refractivity contribution in [1.82, 2.24) is 19.9 Å². The third kappa shape index (κ3) is 7.09. The molecule has 4 aromatic heterocycles. The van der Waals surface area contributed by atoms with Gasteiger partial charge in [0.25, 0.3) is 0 Å². The van der Waals surface area contributed by atoms with Crippen molar-refractivity contribution in [2.75, 3.05) is 27.4 Å². The van der Waals surface area contributed by atoms with Gasteiger partial charge in [-0.2, -0.15) is 0 Å². The van der Waals surface area contributed by atoms with Crippen molar-refractivity contribution in [3.8, 4) is 0 Å². The van der Waals surface area contributed by atoms with Crippen molar-refractivity contribution in [3.05, 3.63) is 82.4 Å². The number of pyridine rings is 2. The van der Waals surface area contributed by atoms with Crippen molar-refractivity contribution in [2.45, 2.75) is 47.2 Å². The lowest BCUT2D eigenvalue weighted by Gasteiger charge is -2.10. The first-order valence-electron chi connectivity index (χ1n) is 15.7. The van der Waals surface area contributed by atoms with E-state index in [1.807, 2.05) is 36.4 Å². The molecule has 0 atom stereocenters. The number of aromatic nitrogens is 4. The topological polar surface area (TPSA) is 175 Å². The first kappa shape index (κ1) is 35.0. The number of aliphatic hydroxyl groups is 1. The molecule has 0 aliphatic rings. The summed E-state index contributed by atoms with van der Waals surface area (Å²) in [7, 11) is 3.12. The Morgan fingerprint density at radius 3 is 1.55 bits per heavy atom. The minimum Gasteiger partial charge on any atom is -0.461 e. The van der Waals surface area contributed by atoms with Crippen LogP contribution in [0.3, 0.4) is 0 Å². The van der Waals surface area contributed by atoms with Crippen LogP contribution in [0.15, 0.2) is 48.8 Å². The molecule has 0 fully saturated rings. The van der Waals surface area contributed by atoms with E-state index in [2.05, 4.69) is 19.9 Å². The highest BCUT2D eigenvalue weighted by molar-refractivity contribution is 6.13. The Hall–Kier alpha value is -5.37. The summed E-state index contributed by atoms with van der Waals surface area (Å²) in [6.07, 6.45) is 3.22. The van der Waals surface area contributed by atoms with Gasteiger partial charge in [0.05, 0.1) is 56.5 Å². The number of esters is 3. The van der Waals surface area contributed by atoms with Crippen LogP contribution in [0.2, 0.25) is 0 Å². The lowest BCUT2D eigenvalue weighted by atomic mass is 10.0. The Morgan fingerprint density at radius 1 is 0.653 bits per heavy atom. The average Bonchev–Trinajstić information content (AvgIpc) is 3.67. The molecule has 0 aliphatic carbocycles. The monoisotopic (exact) mass is 670 g/mol. The molecule has 6 rings (SSSR count). The van der Waals surface area contributed by atoms with Crippen molar-refractivity contribution in [2.24, 2.45) is 0 Å². The molecule has 0 spiro atoms. The minimum atomic E-state index is -0.492. The molecule has 6 aromatic rings. The summed E-state index contributed by atoms with van der Waals surface area (Å²) in [5.41, 5.74) is 6.71. The second-order valence-electron chi connectivity index (χ2n) is 10.9. The summed E-state index contributed by atoms with van der Waals surface area (Å²) in [6, 6.07) is 11.4. The van der Waals surface area contributed by atoms with Gasteiger partial charge in [0.15, 0.2) is 11.4 Å². The number of hydrogen-bond acceptors (Lipinski definition) is 11. The van der Waals surface area contributed by atoms with Crippen LogP contribution in [-0.2, 0) is 54.9 Å². The second kappa shape index (κ2) is 15.7. The van der Waals surface area contributed by atoms with E-state index >= 15 is 0 Å². The summed E-state index contributed by atoms with van der Waals surface area (Å²) in [6.45, 7) is 5.89. The first-order chi connectivity index (χ1) is 23.8. The van der Waals surface area contributed by atoms with E-state index in [-0.39, 0.29) is 57.0 Å². The number of aromatic amines is 2. The normalized spacial score (nSPS) is 11.1. The number of benzene rings is 2. The molecule has 0 bridgehead atoms. The predicted molar refractivity (Wildman–Crippen MR) is 182 cm³/mol. The van der Waals surface area contributed by atoms with Crippen LogP contribution in [0.25, 0.3) is 43.6 Å². The van der Waals surface area contributed by atoms with Crippen LogP contribution in [0.4, 0.5) is 0 Å². The number of H-pyrrole nitrogens is 2. The van der Waals surface area contributed by atoms with Gasteiger partial charge in [-0.3, -0.25) is 4.79 Å². The maximum absolute atomic E-state index is 12.3. The Balaban J connectivity index is 0.000000192. The van der Waals surface area contributed by atoms with Gasteiger partial charge < -0.3 is 38.8 Å². The highest BCUT2D eigenvalue weighted by Gasteiger charge is 2.23. The third-order valence-corrected chi connectivity index (χ3v) is 7.82. The minimum absolute atomic E-state index is 0.0895. The molecule has 0 saturated carbocycles. The Morgan fingerprint density at radius 2 is 1.12 bits per heavy atom. The lowest BCUT2D eigenvalue weighted by Crippen LogP contribution is -2.11. The van der Waals surface area contributed by atoms with Crippen LogP contribution in [0, 0.1) is 0 Å². The van der Waals surface area contributed by atoms with Crippen molar-refractivity contribution in [3.63, 3.8) is 0 Å². The average molecular weight is 671 g/mol. The standard InChI is InChI=1S/C19H20N2O5.C17H18N2O4/c1-4-25-19(23)18-13(10-24-3)17-15(8-20-18)21-14-7-5-6-12(16(14)17)9-26-11(2)22;1-3-23-17(21)16-11(9-22-2)15-13(7-18-16)19-12-6-4-5-10(8-20)14(12)15/h5-8,21H,4,9-10H2,1-3H3;4-7,19-20H,3,8-9H2,1-2H3. The number of ether oxygens (including phenoxy) is 5. The summed E-state index contributed by atoms with van der Waals surface area (Å²) in [5, 5.41) is 13.1. The van der Waals surface area contributed by atoms with Crippen molar-refractivity contribution >= 4 is 61.5 Å². The summed E-state index contributed by atoms with van der Waals surface area (Å²) >= 11 is 0. The molecule has 0 amide bonds. The number of hydrogen-bond donors (Lipinski definition) is 3. The lowest BCUT2D eigenvalue weighted by molar-refractivity contribution is -0.142. The Kier molecular flexibility index (Phi) is 11.2. The highest BCUT2D eigenvalue weighted by atomic mass is 16.5. The molecule has 0 aliphatic heterocycles. The van der Waals surface area contributed by atoms with Gasteiger partial charge in [0.2, 0.25) is 0 Å². The number of nitrogens with one attached hydrogen (secondary N) is 2. The quantitative estimate of drug-likeness (QED) is 0.115. The number of aliphatic hydroxyl groups excluding tert-OH is 1. The SMILES string of the molecule is CCOC(=O)c1ncc2[nH]c3cccc(CO)c3c2c1COC.CCOC(=O)c1ncc2[nH]c3cccc(COC(C)=O)c3c2c1COC. The van der Waals surface area contributed by atoms with Crippen LogP contribution < -0.4 is 0 Å². The summed E-state index contributed by atoms with van der Waals surface area (Å²) in [5.74, 6) is -1.32. The molecule has 0 unspecified atom stereocenters. The number of methoxy groups -OCH3 is 2. The largest absolute Gasteiger partial charge is 0.461 e. The van der Waals surface area contributed by atoms with Crippen LogP contribution in [0.1, 0.15) is 64.0 Å². The van der Waals surface area contributed by atoms with Gasteiger partial charge >= 0.3 is 17.9 Å². The zero-order chi connectivity index (χ0) is 35.1. The van der Waals surface area contributed by atoms with Crippen molar-refractivity contribution < 1.29 is 43.2 Å². The zero-order valence-corrected chi connectivity index (χ0v) is 28.0.